The molecule has 336 valence electrons. The Kier molecular flexibility index (Phi) is 20.2. The molecule has 6 N–H and O–H groups in total. The van der Waals surface area contributed by atoms with Gasteiger partial charge in [-0.15, -0.1) is 0 Å². The number of carbonyl (C=O) groups is 7. The number of nitrogens with zero attached hydrogens (tertiary/aromatic N) is 2. The second-order valence-corrected chi connectivity index (χ2v) is 16.9. The average Bonchev–Trinajstić information content (AvgIpc) is 3.20. The first-order chi connectivity index (χ1) is 28.0. The molecule has 6 amide bonds. The van der Waals surface area contributed by atoms with Crippen molar-refractivity contribution in [1.29, 1.82) is 0 Å². The number of nitrogens with one attached hydrogen (secondary N) is 4. The largest absolute Gasteiger partial charge is 0.508 e. The van der Waals surface area contributed by atoms with Gasteiger partial charge in [0.25, 0.3) is 5.91 Å². The number of aromatic hydroxyl groups is 1. The van der Waals surface area contributed by atoms with Gasteiger partial charge in [0, 0.05) is 38.0 Å². The molecular formula is C44H70N6O10. The molecule has 1 aliphatic heterocycles. The van der Waals surface area contributed by atoms with Crippen LogP contribution in [0.5, 0.6) is 5.75 Å². The van der Waals surface area contributed by atoms with Gasteiger partial charge in [0.05, 0.1) is 12.6 Å². The van der Waals surface area contributed by atoms with E-state index >= 15 is 0 Å². The summed E-state index contributed by atoms with van der Waals surface area (Å²) in [5.41, 5.74) is 0.743. The standard InChI is InChI=1S/C44H70N6O10/c1-13-25(5)37-28(8)34(52)20-15-27(7)44(59)60-35(21-24(3)4)40(55)46-30(10)42(57)50(12)33(22-31-16-18-32(51)19-17-31)43(58)49(11)23-36(53)47-38(26(6)14-2)41(56)45-29(9)39(54)48-37/h15-19,24-26,28-30,33-35,37-38,51-52H,13-14,20-23H2,1-12H3,(H,45,56)(H,46,55)(H,47,53)(H,48,54)/b27-15+/t25-,26?,28-,29+,30-,33+,34-,35+,37+,38?/m0/s1. The quantitative estimate of drug-likeness (QED) is 0.210. The normalized spacial score (nSPS) is 28.8. The lowest BCUT2D eigenvalue weighted by atomic mass is 9.84. The molecule has 16 nitrogen and oxygen atoms in total. The third-order valence-corrected chi connectivity index (χ3v) is 11.5. The highest BCUT2D eigenvalue weighted by Crippen LogP contribution is 2.23. The van der Waals surface area contributed by atoms with Crippen molar-refractivity contribution in [1.82, 2.24) is 31.1 Å². The predicted octanol–water partition coefficient (Wildman–Crippen LogP) is 2.60. The number of carbonyl (C=O) groups excluding carboxylic acids is 7. The fourth-order valence-electron chi connectivity index (χ4n) is 6.94. The van der Waals surface area contributed by atoms with E-state index < -0.39 is 96.3 Å². The van der Waals surface area contributed by atoms with Gasteiger partial charge in [0.1, 0.15) is 29.9 Å². The van der Waals surface area contributed by atoms with Crippen molar-refractivity contribution in [2.75, 3.05) is 20.6 Å². The fourth-order valence-corrected chi connectivity index (χ4v) is 6.94. The zero-order chi connectivity index (χ0) is 45.6. The van der Waals surface area contributed by atoms with Crippen molar-refractivity contribution in [2.45, 2.75) is 144 Å². The zero-order valence-electron chi connectivity index (χ0n) is 37.5. The number of amides is 6. The number of cyclic esters (lactones) is 1. The van der Waals surface area contributed by atoms with E-state index in [2.05, 4.69) is 21.3 Å². The molecule has 16 heteroatoms. The second kappa shape index (κ2) is 23.7. The number of aliphatic hydroxyl groups is 1. The van der Waals surface area contributed by atoms with Gasteiger partial charge in [-0.1, -0.05) is 79.5 Å². The Bertz CT molecular complexity index is 1680. The zero-order valence-corrected chi connectivity index (χ0v) is 37.5. The summed E-state index contributed by atoms with van der Waals surface area (Å²) < 4.78 is 5.67. The molecule has 1 aliphatic rings. The van der Waals surface area contributed by atoms with Crippen molar-refractivity contribution < 1.29 is 48.5 Å². The van der Waals surface area contributed by atoms with Gasteiger partial charge < -0.3 is 46.0 Å². The molecule has 1 heterocycles. The molecule has 0 radical (unpaired) electrons. The van der Waals surface area contributed by atoms with E-state index in [-0.39, 0.29) is 48.3 Å². The smallest absolute Gasteiger partial charge is 0.334 e. The summed E-state index contributed by atoms with van der Waals surface area (Å²) in [7, 11) is 2.79. The van der Waals surface area contributed by atoms with Crippen LogP contribution < -0.4 is 21.3 Å². The van der Waals surface area contributed by atoms with Gasteiger partial charge in [-0.05, 0) is 69.1 Å². The molecule has 0 aromatic heterocycles. The van der Waals surface area contributed by atoms with Gasteiger partial charge in [-0.25, -0.2) is 4.79 Å². The molecule has 0 aliphatic carbocycles. The maximum Gasteiger partial charge on any atom is 0.334 e. The molecule has 2 unspecified atom stereocenters. The fraction of sp³-hybridized carbons (Fsp3) is 0.659. The van der Waals surface area contributed by atoms with E-state index in [0.29, 0.717) is 18.4 Å². The lowest BCUT2D eigenvalue weighted by molar-refractivity contribution is -0.154. The second-order valence-electron chi connectivity index (χ2n) is 16.9. The van der Waals surface area contributed by atoms with Crippen molar-refractivity contribution in [3.63, 3.8) is 0 Å². The molecule has 0 spiro atoms. The SMILES string of the molecule is CCC(C)C1NC(=O)CN(C)C(=O)[C@@H](Cc2ccc(O)cc2)N(C)C(=O)[C@H](C)NC(=O)[C@@H](CC(C)C)OC(=O)/C(C)=C/C[C@H](O)[C@H](C)[C@@H]([C@@H](C)CC)NC(=O)[C@@H](C)NC1=O. The van der Waals surface area contributed by atoms with Gasteiger partial charge in [-0.2, -0.15) is 0 Å². The van der Waals surface area contributed by atoms with E-state index in [1.807, 2.05) is 34.6 Å². The summed E-state index contributed by atoms with van der Waals surface area (Å²) in [6.07, 6.45) is 0.574. The minimum atomic E-state index is -1.27. The van der Waals surface area contributed by atoms with Crippen LogP contribution in [0.25, 0.3) is 0 Å². The maximum absolute atomic E-state index is 14.2. The molecule has 10 atom stereocenters. The monoisotopic (exact) mass is 843 g/mol. The average molecular weight is 843 g/mol. The summed E-state index contributed by atoms with van der Waals surface area (Å²) in [5, 5.41) is 32.3. The molecule has 60 heavy (non-hydrogen) atoms. The van der Waals surface area contributed by atoms with Crippen LogP contribution in [0.15, 0.2) is 35.9 Å². The summed E-state index contributed by atoms with van der Waals surface area (Å²) in [6, 6.07) is 1.11. The number of hydrogen-bond acceptors (Lipinski definition) is 10. The highest BCUT2D eigenvalue weighted by Gasteiger charge is 2.36. The van der Waals surface area contributed by atoms with Crippen molar-refractivity contribution in [3.05, 3.63) is 41.5 Å². The lowest BCUT2D eigenvalue weighted by Gasteiger charge is -2.34. The van der Waals surface area contributed by atoms with Crippen LogP contribution in [-0.2, 0) is 44.7 Å². The maximum atomic E-state index is 14.2. The Morgan fingerprint density at radius 2 is 1.37 bits per heavy atom. The number of aliphatic hydroxyl groups excluding tert-OH is 1. The Hall–Kier alpha value is -4.99. The van der Waals surface area contributed by atoms with Gasteiger partial charge in [0.2, 0.25) is 29.5 Å². The molecule has 1 aromatic rings. The highest BCUT2D eigenvalue weighted by molar-refractivity contribution is 5.96. The van der Waals surface area contributed by atoms with E-state index in [9.17, 15) is 43.8 Å². The number of phenols is 1. The summed E-state index contributed by atoms with van der Waals surface area (Å²) in [6.45, 7) is 17.0. The minimum absolute atomic E-state index is 0.000800. The third kappa shape index (κ3) is 14.9. The van der Waals surface area contributed by atoms with Crippen LogP contribution in [0.3, 0.4) is 0 Å². The molecule has 1 aromatic carbocycles. The third-order valence-electron chi connectivity index (χ3n) is 11.5. The highest BCUT2D eigenvalue weighted by atomic mass is 16.5. The van der Waals surface area contributed by atoms with Crippen LogP contribution in [0.2, 0.25) is 0 Å². The first-order valence-electron chi connectivity index (χ1n) is 21.1. The number of phenolic OH excluding ortho intramolecular Hbond substituents is 1. The number of benzene rings is 1. The van der Waals surface area contributed by atoms with Crippen LogP contribution in [0, 0.1) is 23.7 Å². The van der Waals surface area contributed by atoms with Crippen LogP contribution in [0.4, 0.5) is 0 Å². The van der Waals surface area contributed by atoms with E-state index in [1.165, 1.54) is 58.0 Å². The van der Waals surface area contributed by atoms with Crippen LogP contribution in [-0.4, -0.2) is 124 Å². The topological polar surface area (TPSA) is 224 Å². The minimum Gasteiger partial charge on any atom is -0.508 e. The molecule has 2 rings (SSSR count). The van der Waals surface area contributed by atoms with Gasteiger partial charge in [0.15, 0.2) is 6.10 Å². The van der Waals surface area contributed by atoms with Crippen LogP contribution >= 0.6 is 0 Å². The van der Waals surface area contributed by atoms with Crippen molar-refractivity contribution >= 4 is 41.4 Å². The lowest BCUT2D eigenvalue weighted by Crippen LogP contribution is -2.58. The molecular weight excluding hydrogens is 773 g/mol. The van der Waals surface area contributed by atoms with Gasteiger partial charge >= 0.3 is 5.97 Å². The Balaban J connectivity index is 2.62. The van der Waals surface area contributed by atoms with E-state index in [0.717, 1.165) is 4.90 Å². The molecule has 0 saturated carbocycles. The van der Waals surface area contributed by atoms with Crippen molar-refractivity contribution in [2.24, 2.45) is 23.7 Å². The number of likely N-dealkylation sites (N-methyl/N-ethyl adjacent to an activating group) is 2. The predicted molar refractivity (Wildman–Crippen MR) is 227 cm³/mol. The summed E-state index contributed by atoms with van der Waals surface area (Å²) in [4.78, 5) is 98.2. The van der Waals surface area contributed by atoms with Crippen molar-refractivity contribution in [3.8, 4) is 5.75 Å². The number of ether oxygens (including phenoxy) is 1. The molecule has 0 bridgehead atoms. The number of esters is 1. The molecule has 0 fully saturated rings. The Morgan fingerprint density at radius 1 is 0.783 bits per heavy atom. The Labute approximate surface area is 355 Å². The van der Waals surface area contributed by atoms with Gasteiger partial charge in [-0.3, -0.25) is 28.8 Å². The first-order valence-corrected chi connectivity index (χ1v) is 21.1. The first kappa shape index (κ1) is 51.2. The molecule has 0 saturated heterocycles. The number of hydrogen-bond donors (Lipinski definition) is 6. The Morgan fingerprint density at radius 3 is 1.93 bits per heavy atom. The van der Waals surface area contributed by atoms with E-state index in [4.69, 9.17) is 4.74 Å². The van der Waals surface area contributed by atoms with E-state index in [1.54, 1.807) is 26.0 Å². The summed E-state index contributed by atoms with van der Waals surface area (Å²) in [5.74, 6) is -5.53. The van der Waals surface area contributed by atoms with Crippen LogP contribution in [0.1, 0.15) is 100 Å². The number of rotatable bonds is 8. The summed E-state index contributed by atoms with van der Waals surface area (Å²) >= 11 is 0.